The molecule has 2 saturated carbocycles. The molecule has 0 spiro atoms. The van der Waals surface area contributed by atoms with E-state index < -0.39 is 11.6 Å². The Balaban J connectivity index is 1.47. The van der Waals surface area contributed by atoms with Gasteiger partial charge in [-0.1, -0.05) is 31.9 Å². The van der Waals surface area contributed by atoms with Crippen molar-refractivity contribution in [3.8, 4) is 5.75 Å². The molecule has 2 aliphatic rings. The number of allylic oxidation sites excluding steroid dienone is 1. The van der Waals surface area contributed by atoms with Crippen molar-refractivity contribution in [2.75, 3.05) is 0 Å². The molecule has 0 bridgehead atoms. The number of phenolic OH excluding ortho intramolecular Hbond substituents is 1. The molecule has 2 fully saturated rings. The molecular weight excluding hydrogens is 351 g/mol. The highest BCUT2D eigenvalue weighted by atomic mass is 19.1. The van der Waals surface area contributed by atoms with Crippen LogP contribution in [-0.4, -0.2) is 10.9 Å². The van der Waals surface area contributed by atoms with Gasteiger partial charge in [0.15, 0.2) is 17.3 Å². The van der Waals surface area contributed by atoms with E-state index in [1.54, 1.807) is 19.1 Å². The Morgan fingerprint density at radius 1 is 1.11 bits per heavy atom. The third kappa shape index (κ3) is 4.85. The Hall–Kier alpha value is -1.64. The number of hydrogen-bond donors (Lipinski definition) is 1. The molecule has 0 unspecified atom stereocenters. The maximum Gasteiger partial charge on any atom is 0.168 e. The van der Waals surface area contributed by atoms with Crippen LogP contribution in [0.2, 0.25) is 0 Å². The molecule has 1 aromatic carbocycles. The predicted octanol–water partition coefficient (Wildman–Crippen LogP) is 6.86. The molecule has 3 heteroatoms. The standard InChI is InChI=1S/C25H35FO2/c1-3-17-5-10-19(11-6-17)20-12-7-18(8-13-20)9-14-21-15-16-22(23(27)4-2)25(28)24(21)26/h3,15-20,28H,1,4-14H2,2H3. The normalized spacial score (nSPS) is 28.1. The molecule has 2 aliphatic carbocycles. The largest absolute Gasteiger partial charge is 0.504 e. The van der Waals surface area contributed by atoms with Crippen molar-refractivity contribution < 1.29 is 14.3 Å². The zero-order chi connectivity index (χ0) is 20.1. The molecule has 28 heavy (non-hydrogen) atoms. The summed E-state index contributed by atoms with van der Waals surface area (Å²) in [5.41, 5.74) is 0.644. The van der Waals surface area contributed by atoms with Gasteiger partial charge in [0.05, 0.1) is 5.56 Å². The van der Waals surface area contributed by atoms with E-state index in [9.17, 15) is 14.3 Å². The summed E-state index contributed by atoms with van der Waals surface area (Å²) in [5, 5.41) is 10.0. The van der Waals surface area contributed by atoms with E-state index >= 15 is 0 Å². The van der Waals surface area contributed by atoms with E-state index in [1.165, 1.54) is 51.4 Å². The minimum atomic E-state index is -0.605. The number of carbonyl (C=O) groups excluding carboxylic acids is 1. The molecule has 2 nitrogen and oxygen atoms in total. The lowest BCUT2D eigenvalue weighted by Crippen LogP contribution is -2.25. The van der Waals surface area contributed by atoms with Crippen LogP contribution in [0.4, 0.5) is 4.39 Å². The summed E-state index contributed by atoms with van der Waals surface area (Å²) in [6.07, 6.45) is 14.5. The van der Waals surface area contributed by atoms with Gasteiger partial charge in [-0.25, -0.2) is 4.39 Å². The maximum atomic E-state index is 14.5. The van der Waals surface area contributed by atoms with E-state index in [1.807, 2.05) is 0 Å². The van der Waals surface area contributed by atoms with Gasteiger partial charge < -0.3 is 5.11 Å². The topological polar surface area (TPSA) is 37.3 Å². The Kier molecular flexibility index (Phi) is 7.31. The van der Waals surface area contributed by atoms with E-state index in [-0.39, 0.29) is 17.8 Å². The molecule has 1 N–H and O–H groups in total. The molecule has 3 rings (SSSR count). The fraction of sp³-hybridized carbons (Fsp3) is 0.640. The first kappa shape index (κ1) is 21.1. The number of hydrogen-bond acceptors (Lipinski definition) is 2. The lowest BCUT2D eigenvalue weighted by molar-refractivity contribution is 0.0984. The molecule has 0 atom stereocenters. The third-order valence-electron chi connectivity index (χ3n) is 7.35. The Morgan fingerprint density at radius 2 is 1.71 bits per heavy atom. The average molecular weight is 387 g/mol. The molecule has 0 radical (unpaired) electrons. The highest BCUT2D eigenvalue weighted by Gasteiger charge is 2.30. The summed E-state index contributed by atoms with van der Waals surface area (Å²) in [7, 11) is 0. The van der Waals surface area contributed by atoms with Crippen LogP contribution < -0.4 is 0 Å². The molecule has 154 valence electrons. The van der Waals surface area contributed by atoms with Crippen molar-refractivity contribution in [2.45, 2.75) is 77.6 Å². The lowest BCUT2D eigenvalue weighted by atomic mass is 9.68. The smallest absolute Gasteiger partial charge is 0.168 e. The second kappa shape index (κ2) is 9.71. The van der Waals surface area contributed by atoms with Crippen molar-refractivity contribution >= 4 is 5.78 Å². The first-order valence-electron chi connectivity index (χ1n) is 11.2. The van der Waals surface area contributed by atoms with Crippen LogP contribution in [0.15, 0.2) is 24.8 Å². The van der Waals surface area contributed by atoms with Gasteiger partial charge in [-0.15, -0.1) is 6.58 Å². The van der Waals surface area contributed by atoms with Crippen molar-refractivity contribution in [2.24, 2.45) is 23.7 Å². The lowest BCUT2D eigenvalue weighted by Gasteiger charge is -2.37. The first-order valence-corrected chi connectivity index (χ1v) is 11.2. The number of aromatic hydroxyl groups is 1. The summed E-state index contributed by atoms with van der Waals surface area (Å²) in [4.78, 5) is 11.8. The minimum absolute atomic E-state index is 0.107. The fourth-order valence-corrected chi connectivity index (χ4v) is 5.37. The van der Waals surface area contributed by atoms with Gasteiger partial charge >= 0.3 is 0 Å². The van der Waals surface area contributed by atoms with Crippen LogP contribution in [0.25, 0.3) is 0 Å². The van der Waals surface area contributed by atoms with Crippen LogP contribution >= 0.6 is 0 Å². The summed E-state index contributed by atoms with van der Waals surface area (Å²) < 4.78 is 14.5. The number of phenols is 1. The molecule has 0 aliphatic heterocycles. The highest BCUT2D eigenvalue weighted by molar-refractivity contribution is 5.98. The number of rotatable bonds is 7. The summed E-state index contributed by atoms with van der Waals surface area (Å²) in [5.74, 6) is 1.87. The molecule has 1 aromatic rings. The van der Waals surface area contributed by atoms with Gasteiger partial charge in [0, 0.05) is 6.42 Å². The molecule has 0 saturated heterocycles. The molecular formula is C25H35FO2. The number of aryl methyl sites for hydroxylation is 1. The molecule has 0 aromatic heterocycles. The van der Waals surface area contributed by atoms with Gasteiger partial charge in [-0.05, 0) is 86.7 Å². The number of ketones is 1. The fourth-order valence-electron chi connectivity index (χ4n) is 5.37. The van der Waals surface area contributed by atoms with Crippen molar-refractivity contribution in [3.63, 3.8) is 0 Å². The van der Waals surface area contributed by atoms with Crippen molar-refractivity contribution in [1.82, 2.24) is 0 Å². The second-order valence-corrected chi connectivity index (χ2v) is 8.94. The van der Waals surface area contributed by atoms with Gasteiger partial charge in [-0.2, -0.15) is 0 Å². The van der Waals surface area contributed by atoms with Crippen LogP contribution in [0.3, 0.4) is 0 Å². The van der Waals surface area contributed by atoms with E-state index in [2.05, 4.69) is 12.7 Å². The van der Waals surface area contributed by atoms with Crippen LogP contribution in [0.5, 0.6) is 5.75 Å². The number of halogens is 1. The quantitative estimate of drug-likeness (QED) is 0.411. The summed E-state index contributed by atoms with van der Waals surface area (Å²) >= 11 is 0. The maximum absolute atomic E-state index is 14.5. The monoisotopic (exact) mass is 386 g/mol. The van der Waals surface area contributed by atoms with Crippen LogP contribution in [0.1, 0.15) is 87.1 Å². The minimum Gasteiger partial charge on any atom is -0.504 e. The second-order valence-electron chi connectivity index (χ2n) is 8.94. The van der Waals surface area contributed by atoms with Gasteiger partial charge in [-0.3, -0.25) is 4.79 Å². The average Bonchev–Trinajstić information content (AvgIpc) is 2.74. The van der Waals surface area contributed by atoms with Gasteiger partial charge in [0.1, 0.15) is 0 Å². The first-order chi connectivity index (χ1) is 13.5. The summed E-state index contributed by atoms with van der Waals surface area (Å²) in [6.45, 7) is 5.66. The van der Waals surface area contributed by atoms with Crippen molar-refractivity contribution in [3.05, 3.63) is 41.7 Å². The Morgan fingerprint density at radius 3 is 2.29 bits per heavy atom. The number of benzene rings is 1. The van der Waals surface area contributed by atoms with Gasteiger partial charge in [0.2, 0.25) is 0 Å². The van der Waals surface area contributed by atoms with E-state index in [4.69, 9.17) is 0 Å². The number of Topliss-reactive ketones (excluding diaryl/α,β-unsaturated/α-hetero) is 1. The van der Waals surface area contributed by atoms with Crippen molar-refractivity contribution in [1.29, 1.82) is 0 Å². The van der Waals surface area contributed by atoms with E-state index in [0.29, 0.717) is 17.9 Å². The molecule has 0 heterocycles. The Labute approximate surface area is 169 Å². The number of carbonyl (C=O) groups is 1. The van der Waals surface area contributed by atoms with Crippen LogP contribution in [0, 0.1) is 29.5 Å². The molecule has 0 amide bonds. The summed E-state index contributed by atoms with van der Waals surface area (Å²) in [6, 6.07) is 3.26. The van der Waals surface area contributed by atoms with Gasteiger partial charge in [0.25, 0.3) is 0 Å². The Bertz CT molecular complexity index is 680. The van der Waals surface area contributed by atoms with Crippen LogP contribution in [-0.2, 0) is 6.42 Å². The highest BCUT2D eigenvalue weighted by Crippen LogP contribution is 2.42. The predicted molar refractivity (Wildman–Crippen MR) is 112 cm³/mol. The SMILES string of the molecule is C=CC1CCC(C2CCC(CCc3ccc(C(=O)CC)c(O)c3F)CC2)CC1. The zero-order valence-corrected chi connectivity index (χ0v) is 17.3. The third-order valence-corrected chi connectivity index (χ3v) is 7.35. The van der Waals surface area contributed by atoms with E-state index in [0.717, 1.165) is 24.2 Å². The zero-order valence-electron chi connectivity index (χ0n) is 17.3.